The molecule has 1 aliphatic rings. The molecule has 1 aliphatic heterocycles. The maximum Gasteiger partial charge on any atom is 0.280 e. The Kier molecular flexibility index (Phi) is 6.46. The van der Waals surface area contributed by atoms with Gasteiger partial charge >= 0.3 is 0 Å². The Balaban J connectivity index is 1.60. The predicted octanol–water partition coefficient (Wildman–Crippen LogP) is 3.25. The number of nitrogens with zero attached hydrogens (tertiary/aromatic N) is 3. The minimum Gasteiger partial charge on any atom is -0.497 e. The van der Waals surface area contributed by atoms with Crippen molar-refractivity contribution in [1.82, 2.24) is 20.0 Å². The lowest BCUT2D eigenvalue weighted by atomic mass is 10.2. The number of methoxy groups -OCH3 is 2. The number of rotatable bonds is 7. The molecule has 0 radical (unpaired) electrons. The fraction of sp³-hybridized carbons (Fsp3) is 0.174. The van der Waals surface area contributed by atoms with Gasteiger partial charge in [-0.3, -0.25) is 15.0 Å². The molecule has 3 aromatic rings. The third kappa shape index (κ3) is 4.78. The van der Waals surface area contributed by atoms with Gasteiger partial charge in [-0.05, 0) is 41.5 Å². The summed E-state index contributed by atoms with van der Waals surface area (Å²) in [6.07, 6.45) is 6.65. The number of nitrogens with one attached hydrogen (secondary N) is 1. The molecule has 0 spiro atoms. The highest BCUT2D eigenvalue weighted by atomic mass is 32.2. The summed E-state index contributed by atoms with van der Waals surface area (Å²) >= 11 is 1.38. The van der Waals surface area contributed by atoms with Crippen LogP contribution in [0.5, 0.6) is 11.5 Å². The maximum absolute atomic E-state index is 13.2. The van der Waals surface area contributed by atoms with Crippen LogP contribution in [0.1, 0.15) is 16.5 Å². The number of hydrogen-bond acceptors (Lipinski definition) is 6. The van der Waals surface area contributed by atoms with E-state index in [-0.39, 0.29) is 18.4 Å². The summed E-state index contributed by atoms with van der Waals surface area (Å²) < 4.78 is 12.1. The van der Waals surface area contributed by atoms with Crippen molar-refractivity contribution < 1.29 is 19.1 Å². The molecule has 32 heavy (non-hydrogen) atoms. The van der Waals surface area contributed by atoms with E-state index >= 15 is 0 Å². The Morgan fingerprint density at radius 1 is 1.09 bits per heavy atom. The van der Waals surface area contributed by atoms with E-state index in [0.717, 1.165) is 16.9 Å². The van der Waals surface area contributed by atoms with Crippen molar-refractivity contribution in [2.75, 3.05) is 14.2 Å². The lowest BCUT2D eigenvalue weighted by Crippen LogP contribution is -2.45. The van der Waals surface area contributed by atoms with Gasteiger partial charge in [-0.25, -0.2) is 9.99 Å². The molecular formula is C23H22N4O4S. The van der Waals surface area contributed by atoms with Gasteiger partial charge in [0.15, 0.2) is 0 Å². The van der Waals surface area contributed by atoms with Crippen LogP contribution in [0, 0.1) is 0 Å². The highest BCUT2D eigenvalue weighted by Gasteiger charge is 2.38. The summed E-state index contributed by atoms with van der Waals surface area (Å²) in [7, 11) is 3.20. The molecule has 1 saturated heterocycles. The fourth-order valence-electron chi connectivity index (χ4n) is 3.21. The number of amides is 2. The van der Waals surface area contributed by atoms with Gasteiger partial charge in [0.05, 0.1) is 25.5 Å². The highest BCUT2D eigenvalue weighted by molar-refractivity contribution is 8.04. The lowest BCUT2D eigenvalue weighted by Gasteiger charge is -2.24. The minimum absolute atomic E-state index is 0.0569. The van der Waals surface area contributed by atoms with Gasteiger partial charge in [0.2, 0.25) is 0 Å². The predicted molar refractivity (Wildman–Crippen MR) is 122 cm³/mol. The number of benzene rings is 2. The van der Waals surface area contributed by atoms with Crippen LogP contribution in [0.3, 0.4) is 0 Å². The third-order valence-electron chi connectivity index (χ3n) is 4.85. The third-order valence-corrected chi connectivity index (χ3v) is 6.10. The number of hydrogen-bond donors (Lipinski definition) is 1. The molecule has 2 aromatic carbocycles. The van der Waals surface area contributed by atoms with E-state index in [2.05, 4.69) is 10.4 Å². The molecule has 164 valence electrons. The number of ether oxygens (including phenoxy) is 2. The average Bonchev–Trinajstić information content (AvgIpc) is 3.43. The number of hydrazine groups is 1. The van der Waals surface area contributed by atoms with E-state index in [0.29, 0.717) is 10.7 Å². The summed E-state index contributed by atoms with van der Waals surface area (Å²) in [5.74, 6) is 0.863. The van der Waals surface area contributed by atoms with Crippen molar-refractivity contribution in [1.29, 1.82) is 0 Å². The molecule has 0 bridgehead atoms. The second-order valence-corrected chi connectivity index (χ2v) is 8.09. The van der Waals surface area contributed by atoms with Crippen LogP contribution in [0.25, 0.3) is 6.08 Å². The van der Waals surface area contributed by atoms with Gasteiger partial charge in [0, 0.05) is 12.4 Å². The summed E-state index contributed by atoms with van der Waals surface area (Å²) in [6.45, 7) is 0.0569. The Labute approximate surface area is 189 Å². The van der Waals surface area contributed by atoms with E-state index in [1.807, 2.05) is 54.6 Å². The largest absolute Gasteiger partial charge is 0.497 e. The van der Waals surface area contributed by atoms with Crippen LogP contribution in [-0.2, 0) is 16.1 Å². The first kappa shape index (κ1) is 21.5. The SMILES string of the molecule is COc1ccc(/C=C2/SC(c3ccc(OC)cc3)N(NC(=O)Cn3ccnc3)C2=O)cc1. The molecular weight excluding hydrogens is 428 g/mol. The minimum atomic E-state index is -0.412. The maximum atomic E-state index is 13.2. The zero-order valence-electron chi connectivity index (χ0n) is 17.6. The van der Waals surface area contributed by atoms with Gasteiger partial charge in [-0.2, -0.15) is 0 Å². The second kappa shape index (κ2) is 9.61. The van der Waals surface area contributed by atoms with Crippen LogP contribution >= 0.6 is 11.8 Å². The number of aromatic nitrogens is 2. The van der Waals surface area contributed by atoms with Crippen molar-refractivity contribution in [3.05, 3.63) is 83.3 Å². The van der Waals surface area contributed by atoms with E-state index in [1.54, 1.807) is 37.5 Å². The van der Waals surface area contributed by atoms with Crippen LogP contribution in [0.4, 0.5) is 0 Å². The first-order valence-electron chi connectivity index (χ1n) is 9.82. The van der Waals surface area contributed by atoms with Crippen LogP contribution in [-0.4, -0.2) is 40.6 Å². The first-order chi connectivity index (χ1) is 15.6. The smallest absolute Gasteiger partial charge is 0.280 e. The first-order valence-corrected chi connectivity index (χ1v) is 10.7. The normalized spacial score (nSPS) is 16.9. The Hall–Kier alpha value is -3.72. The summed E-state index contributed by atoms with van der Waals surface area (Å²) in [6, 6.07) is 14.9. The molecule has 4 rings (SSSR count). The zero-order chi connectivity index (χ0) is 22.5. The number of carbonyl (C=O) groups excluding carboxylic acids is 2. The topological polar surface area (TPSA) is 85.7 Å². The van der Waals surface area contributed by atoms with Crippen LogP contribution in [0.15, 0.2) is 72.2 Å². The van der Waals surface area contributed by atoms with E-state index < -0.39 is 5.37 Å². The zero-order valence-corrected chi connectivity index (χ0v) is 18.4. The summed E-state index contributed by atoms with van der Waals surface area (Å²) in [4.78, 5) is 30.3. The Morgan fingerprint density at radius 2 is 1.75 bits per heavy atom. The van der Waals surface area contributed by atoms with Gasteiger partial charge < -0.3 is 14.0 Å². The number of imidazole rings is 1. The molecule has 1 aromatic heterocycles. The number of carbonyl (C=O) groups is 2. The summed E-state index contributed by atoms with van der Waals surface area (Å²) in [5, 5.41) is 0.964. The van der Waals surface area contributed by atoms with Crippen molar-refractivity contribution in [3.8, 4) is 11.5 Å². The van der Waals surface area contributed by atoms with Crippen molar-refractivity contribution in [2.45, 2.75) is 11.9 Å². The molecule has 9 heteroatoms. The highest BCUT2D eigenvalue weighted by Crippen LogP contribution is 2.45. The Bertz CT molecular complexity index is 1110. The monoisotopic (exact) mass is 450 g/mol. The molecule has 2 amide bonds. The van der Waals surface area contributed by atoms with E-state index in [4.69, 9.17) is 9.47 Å². The van der Waals surface area contributed by atoms with Crippen LogP contribution in [0.2, 0.25) is 0 Å². The molecule has 1 atom stereocenters. The molecule has 2 heterocycles. The molecule has 0 aliphatic carbocycles. The van der Waals surface area contributed by atoms with Gasteiger partial charge in [0.1, 0.15) is 23.4 Å². The molecule has 8 nitrogen and oxygen atoms in total. The van der Waals surface area contributed by atoms with Crippen molar-refractivity contribution >= 4 is 29.7 Å². The fourth-order valence-corrected chi connectivity index (χ4v) is 4.40. The average molecular weight is 451 g/mol. The Morgan fingerprint density at radius 3 is 2.34 bits per heavy atom. The van der Waals surface area contributed by atoms with Gasteiger partial charge in [0.25, 0.3) is 11.8 Å². The van der Waals surface area contributed by atoms with Crippen molar-refractivity contribution in [2.24, 2.45) is 0 Å². The molecule has 1 unspecified atom stereocenters. The van der Waals surface area contributed by atoms with Crippen LogP contribution < -0.4 is 14.9 Å². The van der Waals surface area contributed by atoms with Gasteiger partial charge in [-0.1, -0.05) is 36.0 Å². The molecule has 1 N–H and O–H groups in total. The van der Waals surface area contributed by atoms with E-state index in [9.17, 15) is 9.59 Å². The molecule has 0 saturated carbocycles. The molecule has 1 fully saturated rings. The standard InChI is InChI=1S/C23H22N4O4S/c1-30-18-7-3-16(4-8-18)13-20-22(29)27(25-21(28)14-26-12-11-24-15-26)23(32-20)17-5-9-19(31-2)10-6-17/h3-13,15,23H,14H2,1-2H3,(H,25,28)/b20-13+. The summed E-state index contributed by atoms with van der Waals surface area (Å²) in [5.41, 5.74) is 4.49. The quantitative estimate of drug-likeness (QED) is 0.556. The lowest BCUT2D eigenvalue weighted by molar-refractivity contribution is -0.138. The van der Waals surface area contributed by atoms with E-state index in [1.165, 1.54) is 16.8 Å². The second-order valence-electron chi connectivity index (χ2n) is 6.97. The number of thioether (sulfide) groups is 1. The van der Waals surface area contributed by atoms with Crippen molar-refractivity contribution in [3.63, 3.8) is 0 Å². The van der Waals surface area contributed by atoms with Gasteiger partial charge in [-0.15, -0.1) is 0 Å².